The number of nitrogens with one attached hydrogen (secondary N) is 2. The predicted molar refractivity (Wildman–Crippen MR) is 128 cm³/mol. The third-order valence-corrected chi connectivity index (χ3v) is 5.82. The fourth-order valence-electron chi connectivity index (χ4n) is 4.19. The zero-order valence-corrected chi connectivity index (χ0v) is 18.4. The Morgan fingerprint density at radius 3 is 2.39 bits per heavy atom. The molecule has 0 bridgehead atoms. The van der Waals surface area contributed by atoms with Crippen molar-refractivity contribution in [3.05, 3.63) is 95.1 Å². The number of benzene rings is 3. The number of carbonyl (C=O) groups is 3. The van der Waals surface area contributed by atoms with Crippen molar-refractivity contribution in [1.82, 2.24) is 5.32 Å². The molecule has 0 aromatic heterocycles. The first-order valence-corrected chi connectivity index (χ1v) is 10.8. The van der Waals surface area contributed by atoms with E-state index in [-0.39, 0.29) is 18.2 Å². The number of nitrogens with zero attached hydrogens (tertiary/aromatic N) is 1. The number of fused-ring (bicyclic) bond motifs is 1. The fourth-order valence-corrected chi connectivity index (χ4v) is 4.19. The molecule has 1 aliphatic heterocycles. The van der Waals surface area contributed by atoms with E-state index in [0.29, 0.717) is 17.8 Å². The molecular formula is C26H26N4O3. The average molecular weight is 443 g/mol. The summed E-state index contributed by atoms with van der Waals surface area (Å²) in [6.45, 7) is 2.57. The van der Waals surface area contributed by atoms with Crippen LogP contribution >= 0.6 is 0 Å². The highest BCUT2D eigenvalue weighted by Crippen LogP contribution is 2.29. The number of nitrogens with two attached hydrogens (primary N) is 1. The SMILES string of the molecule is Cc1ccccc1C(CC(=O)Nc1ccc(C(=O)N2CCc3ccccc32)cc1)NC(N)=O. The van der Waals surface area contributed by atoms with Gasteiger partial charge in [-0.15, -0.1) is 0 Å². The quantitative estimate of drug-likeness (QED) is 0.539. The Kier molecular flexibility index (Phi) is 6.40. The van der Waals surface area contributed by atoms with Gasteiger partial charge < -0.3 is 21.3 Å². The molecule has 0 radical (unpaired) electrons. The van der Waals surface area contributed by atoms with Crippen LogP contribution in [-0.4, -0.2) is 24.4 Å². The molecule has 7 heteroatoms. The second-order valence-corrected chi connectivity index (χ2v) is 8.08. The monoisotopic (exact) mass is 442 g/mol. The van der Waals surface area contributed by atoms with Crippen molar-refractivity contribution >= 4 is 29.2 Å². The second kappa shape index (κ2) is 9.56. The predicted octanol–water partition coefficient (Wildman–Crippen LogP) is 3.94. The molecule has 4 amide bonds. The molecule has 0 fully saturated rings. The van der Waals surface area contributed by atoms with Gasteiger partial charge in [0.25, 0.3) is 5.91 Å². The van der Waals surface area contributed by atoms with Crippen LogP contribution in [0.4, 0.5) is 16.2 Å². The minimum atomic E-state index is -0.692. The van der Waals surface area contributed by atoms with Gasteiger partial charge in [0.05, 0.1) is 12.5 Å². The lowest BCUT2D eigenvalue weighted by Gasteiger charge is -2.20. The molecule has 0 spiro atoms. The normalized spacial score (nSPS) is 13.2. The average Bonchev–Trinajstić information content (AvgIpc) is 3.23. The Labute approximate surface area is 192 Å². The summed E-state index contributed by atoms with van der Waals surface area (Å²) in [5.74, 6) is -0.340. The third-order valence-electron chi connectivity index (χ3n) is 5.82. The van der Waals surface area contributed by atoms with Gasteiger partial charge >= 0.3 is 6.03 Å². The van der Waals surface area contributed by atoms with Crippen molar-refractivity contribution in [3.63, 3.8) is 0 Å². The molecule has 0 saturated heterocycles. The number of urea groups is 1. The number of aryl methyl sites for hydroxylation is 1. The molecule has 1 atom stereocenters. The number of hydrogen-bond acceptors (Lipinski definition) is 3. The van der Waals surface area contributed by atoms with Crippen LogP contribution in [0.1, 0.15) is 39.5 Å². The van der Waals surface area contributed by atoms with E-state index in [1.807, 2.05) is 55.5 Å². The zero-order valence-electron chi connectivity index (χ0n) is 18.4. The lowest BCUT2D eigenvalue weighted by molar-refractivity contribution is -0.116. The summed E-state index contributed by atoms with van der Waals surface area (Å²) in [7, 11) is 0. The number of carbonyl (C=O) groups excluding carboxylic acids is 3. The summed E-state index contributed by atoms with van der Waals surface area (Å²) in [5.41, 5.74) is 10.3. The Hall–Kier alpha value is -4.13. The second-order valence-electron chi connectivity index (χ2n) is 8.08. The molecule has 3 aromatic rings. The Bertz CT molecular complexity index is 1190. The van der Waals surface area contributed by atoms with Gasteiger partial charge in [-0.05, 0) is 60.4 Å². The molecule has 1 unspecified atom stereocenters. The fraction of sp³-hybridized carbons (Fsp3) is 0.192. The van der Waals surface area contributed by atoms with Gasteiger partial charge in [-0.1, -0.05) is 42.5 Å². The van der Waals surface area contributed by atoms with Gasteiger partial charge in [0, 0.05) is 23.5 Å². The maximum absolute atomic E-state index is 13.0. The van der Waals surface area contributed by atoms with Crippen LogP contribution in [0, 0.1) is 6.92 Å². The summed E-state index contributed by atoms with van der Waals surface area (Å²) in [6, 6.07) is 21.0. The topological polar surface area (TPSA) is 105 Å². The molecule has 1 aliphatic rings. The lowest BCUT2D eigenvalue weighted by Crippen LogP contribution is -2.35. The highest BCUT2D eigenvalue weighted by Gasteiger charge is 2.25. The summed E-state index contributed by atoms with van der Waals surface area (Å²) < 4.78 is 0. The maximum Gasteiger partial charge on any atom is 0.312 e. The summed E-state index contributed by atoms with van der Waals surface area (Å²) in [4.78, 5) is 38.9. The van der Waals surface area contributed by atoms with Crippen LogP contribution in [0.3, 0.4) is 0 Å². The number of amides is 4. The van der Waals surface area contributed by atoms with E-state index < -0.39 is 12.1 Å². The molecule has 4 rings (SSSR count). The van der Waals surface area contributed by atoms with E-state index in [4.69, 9.17) is 5.73 Å². The number of anilines is 2. The minimum absolute atomic E-state index is 0.0268. The highest BCUT2D eigenvalue weighted by atomic mass is 16.2. The third kappa shape index (κ3) is 5.03. The van der Waals surface area contributed by atoms with Crippen molar-refractivity contribution in [2.24, 2.45) is 5.73 Å². The van der Waals surface area contributed by atoms with E-state index in [9.17, 15) is 14.4 Å². The molecule has 3 aromatic carbocycles. The van der Waals surface area contributed by atoms with Crippen molar-refractivity contribution in [2.75, 3.05) is 16.8 Å². The van der Waals surface area contributed by atoms with Crippen LogP contribution in [0.15, 0.2) is 72.8 Å². The van der Waals surface area contributed by atoms with Crippen LogP contribution in [0.5, 0.6) is 0 Å². The van der Waals surface area contributed by atoms with Crippen LogP contribution in [-0.2, 0) is 11.2 Å². The summed E-state index contributed by atoms with van der Waals surface area (Å²) in [5, 5.41) is 5.48. The van der Waals surface area contributed by atoms with Crippen molar-refractivity contribution in [3.8, 4) is 0 Å². The van der Waals surface area contributed by atoms with Crippen molar-refractivity contribution in [1.29, 1.82) is 0 Å². The molecule has 7 nitrogen and oxygen atoms in total. The summed E-state index contributed by atoms with van der Waals surface area (Å²) >= 11 is 0. The Morgan fingerprint density at radius 2 is 1.67 bits per heavy atom. The number of para-hydroxylation sites is 1. The van der Waals surface area contributed by atoms with Gasteiger partial charge in [0.1, 0.15) is 0 Å². The van der Waals surface area contributed by atoms with Gasteiger partial charge in [-0.3, -0.25) is 9.59 Å². The van der Waals surface area contributed by atoms with E-state index in [1.54, 1.807) is 29.2 Å². The molecule has 0 saturated carbocycles. The zero-order chi connectivity index (χ0) is 23.4. The van der Waals surface area contributed by atoms with E-state index in [0.717, 1.165) is 23.2 Å². The largest absolute Gasteiger partial charge is 0.352 e. The van der Waals surface area contributed by atoms with Crippen LogP contribution < -0.4 is 21.3 Å². The lowest BCUT2D eigenvalue weighted by atomic mass is 9.98. The smallest absolute Gasteiger partial charge is 0.312 e. The van der Waals surface area contributed by atoms with Gasteiger partial charge in [-0.2, -0.15) is 0 Å². The Balaban J connectivity index is 1.42. The maximum atomic E-state index is 13.0. The molecule has 0 aliphatic carbocycles. The standard InChI is InChI=1S/C26H26N4O3/c1-17-6-2-4-8-21(17)22(29-26(27)33)16-24(31)28-20-12-10-19(11-13-20)25(32)30-15-14-18-7-3-5-9-23(18)30/h2-13,22H,14-16H2,1H3,(H,28,31)(H3,27,29,33). The van der Waals surface area contributed by atoms with Gasteiger partial charge in [-0.25, -0.2) is 4.79 Å². The molecule has 33 heavy (non-hydrogen) atoms. The Morgan fingerprint density at radius 1 is 0.970 bits per heavy atom. The number of hydrogen-bond donors (Lipinski definition) is 3. The minimum Gasteiger partial charge on any atom is -0.352 e. The van der Waals surface area contributed by atoms with Crippen LogP contribution in [0.2, 0.25) is 0 Å². The summed E-state index contributed by atoms with van der Waals surface area (Å²) in [6.07, 6.45) is 0.872. The molecule has 4 N–H and O–H groups in total. The van der Waals surface area contributed by atoms with E-state index in [1.165, 1.54) is 5.56 Å². The molecule has 1 heterocycles. The number of rotatable bonds is 6. The first kappa shape index (κ1) is 22.1. The molecular weight excluding hydrogens is 416 g/mol. The van der Waals surface area contributed by atoms with Crippen molar-refractivity contribution in [2.45, 2.75) is 25.8 Å². The first-order chi connectivity index (χ1) is 15.9. The first-order valence-electron chi connectivity index (χ1n) is 10.8. The van der Waals surface area contributed by atoms with Crippen LogP contribution in [0.25, 0.3) is 0 Å². The van der Waals surface area contributed by atoms with Gasteiger partial charge in [0.2, 0.25) is 5.91 Å². The van der Waals surface area contributed by atoms with E-state index >= 15 is 0 Å². The van der Waals surface area contributed by atoms with E-state index in [2.05, 4.69) is 10.6 Å². The van der Waals surface area contributed by atoms with Crippen molar-refractivity contribution < 1.29 is 14.4 Å². The van der Waals surface area contributed by atoms with Gasteiger partial charge in [0.15, 0.2) is 0 Å². The molecule has 168 valence electrons. The highest BCUT2D eigenvalue weighted by molar-refractivity contribution is 6.07. The number of primary amides is 1.